The van der Waals surface area contributed by atoms with Crippen LogP contribution in [0.15, 0.2) is 42.5 Å². The monoisotopic (exact) mass is 475 g/mol. The van der Waals surface area contributed by atoms with Gasteiger partial charge in [0, 0.05) is 22.2 Å². The van der Waals surface area contributed by atoms with Gasteiger partial charge < -0.3 is 14.4 Å². The minimum Gasteiger partial charge on any atom is -0.462 e. The highest BCUT2D eigenvalue weighted by molar-refractivity contribution is 6.36. The molecule has 6 nitrogen and oxygen atoms in total. The first-order chi connectivity index (χ1) is 15.2. The number of carbonyl (C=O) groups excluding carboxylic acids is 1. The number of amides is 1. The van der Waals surface area contributed by atoms with Gasteiger partial charge in [0.15, 0.2) is 0 Å². The molecule has 1 amide bonds. The molecule has 0 unspecified atom stereocenters. The van der Waals surface area contributed by atoms with Crippen LogP contribution >= 0.6 is 23.2 Å². The normalized spacial score (nSPS) is 16.5. The zero-order valence-electron chi connectivity index (χ0n) is 18.5. The number of para-hydroxylation sites is 2. The molecule has 3 aromatic rings. The summed E-state index contributed by atoms with van der Waals surface area (Å²) in [5, 5.41) is 1.18. The number of hydrogen-bond acceptors (Lipinski definition) is 4. The summed E-state index contributed by atoms with van der Waals surface area (Å²) in [5.41, 5.74) is 2.02. The van der Waals surface area contributed by atoms with E-state index in [-0.39, 0.29) is 12.1 Å². The Morgan fingerprint density at radius 3 is 2.56 bits per heavy atom. The Labute approximate surface area is 198 Å². The number of ether oxygens (including phenoxy) is 2. The number of halogens is 2. The molecule has 2 heterocycles. The number of nitrogens with zero attached hydrogens (tertiary/aromatic N) is 3. The number of aromatic nitrogens is 2. The van der Waals surface area contributed by atoms with E-state index in [1.807, 2.05) is 67.8 Å². The minimum atomic E-state index is -0.534. The number of hydrogen-bond donors (Lipinski definition) is 0. The SMILES string of the molecule is CC(C)(C)OC(=O)N1CCC[C@@H]1COc1nc2ccccc2n1Cc1c(Cl)cccc1Cl. The molecule has 0 N–H and O–H groups in total. The largest absolute Gasteiger partial charge is 0.462 e. The Morgan fingerprint density at radius 1 is 1.12 bits per heavy atom. The van der Waals surface area contributed by atoms with Crippen molar-refractivity contribution in [1.29, 1.82) is 0 Å². The summed E-state index contributed by atoms with van der Waals surface area (Å²) in [4.78, 5) is 19.0. The van der Waals surface area contributed by atoms with Crippen LogP contribution in [0.2, 0.25) is 10.0 Å². The topological polar surface area (TPSA) is 56.6 Å². The van der Waals surface area contributed by atoms with Gasteiger partial charge >= 0.3 is 6.09 Å². The summed E-state index contributed by atoms with van der Waals surface area (Å²) in [6.45, 7) is 7.03. The molecule has 0 bridgehead atoms. The van der Waals surface area contributed by atoms with Crippen molar-refractivity contribution < 1.29 is 14.3 Å². The number of carbonyl (C=O) groups is 1. The number of benzene rings is 2. The molecule has 1 aliphatic heterocycles. The predicted octanol–water partition coefficient (Wildman–Crippen LogP) is 6.17. The van der Waals surface area contributed by atoms with E-state index in [1.54, 1.807) is 4.90 Å². The van der Waals surface area contributed by atoms with Crippen LogP contribution in [0.5, 0.6) is 6.01 Å². The highest BCUT2D eigenvalue weighted by Gasteiger charge is 2.33. The van der Waals surface area contributed by atoms with E-state index < -0.39 is 5.60 Å². The maximum absolute atomic E-state index is 12.6. The summed E-state index contributed by atoms with van der Waals surface area (Å²) < 4.78 is 13.7. The smallest absolute Gasteiger partial charge is 0.410 e. The fraction of sp³-hybridized carbons (Fsp3) is 0.417. The molecule has 2 aromatic carbocycles. The third kappa shape index (κ3) is 4.97. The second-order valence-corrected chi connectivity index (χ2v) is 9.76. The number of imidazole rings is 1. The molecular formula is C24H27Cl2N3O3. The minimum absolute atomic E-state index is 0.0676. The molecule has 0 radical (unpaired) electrons. The molecule has 0 spiro atoms. The van der Waals surface area contributed by atoms with Crippen LogP contribution in [0.25, 0.3) is 11.0 Å². The second-order valence-electron chi connectivity index (χ2n) is 8.95. The lowest BCUT2D eigenvalue weighted by molar-refractivity contribution is 0.0183. The summed E-state index contributed by atoms with van der Waals surface area (Å²) in [6, 6.07) is 13.7. The van der Waals surface area contributed by atoms with Crippen molar-refractivity contribution in [3.05, 3.63) is 58.1 Å². The van der Waals surface area contributed by atoms with Crippen molar-refractivity contribution in [3.63, 3.8) is 0 Å². The van der Waals surface area contributed by atoms with Crippen LogP contribution in [-0.4, -0.2) is 45.3 Å². The highest BCUT2D eigenvalue weighted by Crippen LogP contribution is 2.30. The zero-order valence-corrected chi connectivity index (χ0v) is 20.0. The molecule has 1 aromatic heterocycles. The second kappa shape index (κ2) is 9.20. The van der Waals surface area contributed by atoms with E-state index >= 15 is 0 Å². The van der Waals surface area contributed by atoms with Gasteiger partial charge in [-0.05, 0) is 57.9 Å². The fourth-order valence-electron chi connectivity index (χ4n) is 3.90. The number of likely N-dealkylation sites (tertiary alicyclic amines) is 1. The summed E-state index contributed by atoms with van der Waals surface area (Å²) in [5.74, 6) is 0. The first-order valence-electron chi connectivity index (χ1n) is 10.7. The first kappa shape index (κ1) is 22.7. The van der Waals surface area contributed by atoms with Gasteiger partial charge in [0.05, 0.1) is 23.6 Å². The van der Waals surface area contributed by atoms with Crippen LogP contribution in [0.3, 0.4) is 0 Å². The van der Waals surface area contributed by atoms with E-state index in [9.17, 15) is 4.79 Å². The molecule has 4 rings (SSSR count). The van der Waals surface area contributed by atoms with Gasteiger partial charge in [-0.2, -0.15) is 4.98 Å². The third-order valence-corrected chi connectivity index (χ3v) is 6.12. The van der Waals surface area contributed by atoms with Crippen molar-refractivity contribution in [1.82, 2.24) is 14.5 Å². The average Bonchev–Trinajstić information content (AvgIpc) is 3.32. The Morgan fingerprint density at radius 2 is 1.84 bits per heavy atom. The molecule has 170 valence electrons. The average molecular weight is 476 g/mol. The fourth-order valence-corrected chi connectivity index (χ4v) is 4.42. The predicted molar refractivity (Wildman–Crippen MR) is 127 cm³/mol. The highest BCUT2D eigenvalue weighted by atomic mass is 35.5. The molecule has 1 atom stereocenters. The lowest BCUT2D eigenvalue weighted by atomic mass is 10.2. The molecule has 8 heteroatoms. The molecular weight excluding hydrogens is 449 g/mol. The molecule has 0 saturated carbocycles. The van der Waals surface area contributed by atoms with E-state index in [0.29, 0.717) is 35.8 Å². The zero-order chi connectivity index (χ0) is 22.9. The third-order valence-electron chi connectivity index (χ3n) is 5.41. The van der Waals surface area contributed by atoms with E-state index in [4.69, 9.17) is 32.7 Å². The van der Waals surface area contributed by atoms with Gasteiger partial charge in [-0.1, -0.05) is 41.4 Å². The first-order valence-corrected chi connectivity index (χ1v) is 11.5. The van der Waals surface area contributed by atoms with Crippen molar-refractivity contribution in [2.24, 2.45) is 0 Å². The Hall–Kier alpha value is -2.44. The standard InChI is InChI=1S/C24H27Cl2N3O3/c1-24(2,3)32-23(30)28-13-7-8-16(28)15-31-22-27-20-11-4-5-12-21(20)29(22)14-17-18(25)9-6-10-19(17)26/h4-6,9-12,16H,7-8,13-15H2,1-3H3/t16-/m1/s1. The molecule has 0 aliphatic carbocycles. The summed E-state index contributed by atoms with van der Waals surface area (Å²) >= 11 is 12.8. The van der Waals surface area contributed by atoms with Crippen LogP contribution in [-0.2, 0) is 11.3 Å². The quantitative estimate of drug-likeness (QED) is 0.442. The van der Waals surface area contributed by atoms with Gasteiger partial charge in [0.25, 0.3) is 6.01 Å². The lowest BCUT2D eigenvalue weighted by Crippen LogP contribution is -2.42. The van der Waals surface area contributed by atoms with Crippen LogP contribution in [0, 0.1) is 0 Å². The molecule has 1 saturated heterocycles. The Kier molecular flexibility index (Phi) is 6.54. The van der Waals surface area contributed by atoms with Gasteiger partial charge in [0.1, 0.15) is 12.2 Å². The van der Waals surface area contributed by atoms with E-state index in [1.165, 1.54) is 0 Å². The van der Waals surface area contributed by atoms with Gasteiger partial charge in [-0.15, -0.1) is 0 Å². The van der Waals surface area contributed by atoms with Crippen molar-refractivity contribution in [2.75, 3.05) is 13.2 Å². The van der Waals surface area contributed by atoms with Crippen molar-refractivity contribution in [2.45, 2.75) is 51.8 Å². The van der Waals surface area contributed by atoms with Crippen LogP contribution < -0.4 is 4.74 Å². The molecule has 1 aliphatic rings. The Balaban J connectivity index is 1.57. The van der Waals surface area contributed by atoms with Crippen molar-refractivity contribution in [3.8, 4) is 6.01 Å². The lowest BCUT2D eigenvalue weighted by Gasteiger charge is -2.28. The van der Waals surface area contributed by atoms with Crippen LogP contribution in [0.4, 0.5) is 4.79 Å². The van der Waals surface area contributed by atoms with Gasteiger partial charge in [-0.25, -0.2) is 4.79 Å². The van der Waals surface area contributed by atoms with E-state index in [2.05, 4.69) is 4.98 Å². The van der Waals surface area contributed by atoms with Gasteiger partial charge in [-0.3, -0.25) is 4.57 Å². The maximum Gasteiger partial charge on any atom is 0.410 e. The summed E-state index contributed by atoms with van der Waals surface area (Å²) in [6.07, 6.45) is 1.47. The van der Waals surface area contributed by atoms with Crippen LogP contribution in [0.1, 0.15) is 39.2 Å². The maximum atomic E-state index is 12.6. The number of rotatable bonds is 5. The number of fused-ring (bicyclic) bond motifs is 1. The van der Waals surface area contributed by atoms with Crippen molar-refractivity contribution >= 4 is 40.3 Å². The molecule has 1 fully saturated rings. The Bertz CT molecular complexity index is 1100. The van der Waals surface area contributed by atoms with Gasteiger partial charge in [0.2, 0.25) is 0 Å². The molecule has 32 heavy (non-hydrogen) atoms. The summed E-state index contributed by atoms with van der Waals surface area (Å²) in [7, 11) is 0. The van der Waals surface area contributed by atoms with E-state index in [0.717, 1.165) is 29.4 Å².